The van der Waals surface area contributed by atoms with E-state index >= 15 is 4.39 Å². The third kappa shape index (κ3) is 3.92. The summed E-state index contributed by atoms with van der Waals surface area (Å²) in [7, 11) is 1.33. The van der Waals surface area contributed by atoms with Crippen molar-refractivity contribution in [1.82, 2.24) is 25.5 Å². The van der Waals surface area contributed by atoms with E-state index in [0.717, 1.165) is 31.0 Å². The maximum Gasteiger partial charge on any atom is 0.453 e. The van der Waals surface area contributed by atoms with E-state index in [1.807, 2.05) is 30.3 Å². The SMILES string of the molecule is COc1c(F)cc(-n2nnnc2C(F)(F)F)cc1[C@H]1CO[C@]2(CCCN[C@H]2c2ccccc2)C1. The Hall–Kier alpha value is -3.05. The summed E-state index contributed by atoms with van der Waals surface area (Å²) in [5.74, 6) is -2.43. The van der Waals surface area contributed by atoms with Crippen molar-refractivity contribution in [1.29, 1.82) is 0 Å². The fourth-order valence-corrected chi connectivity index (χ4v) is 5.19. The van der Waals surface area contributed by atoms with Crippen molar-refractivity contribution in [2.75, 3.05) is 20.3 Å². The Kier molecular flexibility index (Phi) is 5.76. The van der Waals surface area contributed by atoms with E-state index in [2.05, 4.69) is 20.8 Å². The molecule has 5 rings (SSSR count). The van der Waals surface area contributed by atoms with Gasteiger partial charge in [0.05, 0.1) is 31.0 Å². The lowest BCUT2D eigenvalue weighted by atomic mass is 9.77. The Morgan fingerprint density at radius 2 is 2.00 bits per heavy atom. The molecule has 3 atom stereocenters. The van der Waals surface area contributed by atoms with Crippen LogP contribution in [0.1, 0.15) is 48.2 Å². The molecule has 7 nitrogen and oxygen atoms in total. The van der Waals surface area contributed by atoms with Crippen LogP contribution in [-0.4, -0.2) is 46.1 Å². The maximum absolute atomic E-state index is 15.0. The van der Waals surface area contributed by atoms with Gasteiger partial charge in [0.1, 0.15) is 0 Å². The highest BCUT2D eigenvalue weighted by molar-refractivity contribution is 5.48. The molecule has 0 bridgehead atoms. The van der Waals surface area contributed by atoms with E-state index in [4.69, 9.17) is 9.47 Å². The molecular formula is C23H23F4N5O2. The van der Waals surface area contributed by atoms with Gasteiger partial charge in [0.25, 0.3) is 5.82 Å². The summed E-state index contributed by atoms with van der Waals surface area (Å²) >= 11 is 0. The topological polar surface area (TPSA) is 74.1 Å². The predicted octanol–water partition coefficient (Wildman–Crippen LogP) is 4.20. The first-order valence-electron chi connectivity index (χ1n) is 11.0. The summed E-state index contributed by atoms with van der Waals surface area (Å²) in [6, 6.07) is 12.3. The van der Waals surface area contributed by atoms with Crippen LogP contribution < -0.4 is 10.1 Å². The van der Waals surface area contributed by atoms with Crippen molar-refractivity contribution in [3.05, 3.63) is 65.2 Å². The minimum Gasteiger partial charge on any atom is -0.493 e. The second-order valence-electron chi connectivity index (χ2n) is 8.64. The molecule has 2 aliphatic heterocycles. The largest absolute Gasteiger partial charge is 0.493 e. The highest BCUT2D eigenvalue weighted by Crippen LogP contribution is 2.50. The molecule has 3 aromatic rings. The number of hydrogen-bond donors (Lipinski definition) is 1. The van der Waals surface area contributed by atoms with Crippen LogP contribution in [0.3, 0.4) is 0 Å². The Labute approximate surface area is 193 Å². The van der Waals surface area contributed by atoms with Crippen LogP contribution in [0.5, 0.6) is 5.75 Å². The zero-order valence-electron chi connectivity index (χ0n) is 18.3. The van der Waals surface area contributed by atoms with Crippen LogP contribution in [0, 0.1) is 5.82 Å². The standard InChI is InChI=1S/C23H23F4N5O2/c1-33-19-17(10-16(11-18(19)24)32-21(23(25,26)27)29-30-31-32)15-12-22(34-13-15)8-5-9-28-20(22)14-6-3-2-4-7-14/h2-4,6-7,10-11,15,20,28H,5,8-9,12-13H2,1H3/t15-,20+,22-/m1/s1. The highest BCUT2D eigenvalue weighted by atomic mass is 19.4. The van der Waals surface area contributed by atoms with Gasteiger partial charge in [-0.3, -0.25) is 0 Å². The third-order valence-corrected chi connectivity index (χ3v) is 6.62. The second kappa shape index (κ2) is 8.62. The third-order valence-electron chi connectivity index (χ3n) is 6.62. The first-order chi connectivity index (χ1) is 16.3. The normalized spacial score (nSPS) is 25.1. The van der Waals surface area contributed by atoms with E-state index in [1.54, 1.807) is 0 Å². The van der Waals surface area contributed by atoms with Crippen molar-refractivity contribution >= 4 is 0 Å². The summed E-state index contributed by atoms with van der Waals surface area (Å²) < 4.78 is 67.3. The number of nitrogens with zero attached hydrogens (tertiary/aromatic N) is 4. The number of aromatic nitrogens is 4. The van der Waals surface area contributed by atoms with Gasteiger partial charge in [-0.15, -0.1) is 5.10 Å². The minimum atomic E-state index is -4.79. The van der Waals surface area contributed by atoms with Gasteiger partial charge in [-0.1, -0.05) is 30.3 Å². The van der Waals surface area contributed by atoms with Gasteiger partial charge in [0.15, 0.2) is 11.6 Å². The lowest BCUT2D eigenvalue weighted by Gasteiger charge is -2.41. The first-order valence-corrected chi connectivity index (χ1v) is 11.0. The second-order valence-corrected chi connectivity index (χ2v) is 8.64. The maximum atomic E-state index is 15.0. The molecule has 34 heavy (non-hydrogen) atoms. The number of halogens is 4. The van der Waals surface area contributed by atoms with Gasteiger partial charge >= 0.3 is 6.18 Å². The van der Waals surface area contributed by atoms with Crippen LogP contribution in [0.15, 0.2) is 42.5 Å². The van der Waals surface area contributed by atoms with Crippen LogP contribution in [0.25, 0.3) is 5.69 Å². The van der Waals surface area contributed by atoms with Crippen molar-refractivity contribution in [3.63, 3.8) is 0 Å². The summed E-state index contributed by atoms with van der Waals surface area (Å²) in [6.45, 7) is 1.13. The van der Waals surface area contributed by atoms with Crippen molar-refractivity contribution in [2.24, 2.45) is 0 Å². The molecule has 11 heteroatoms. The monoisotopic (exact) mass is 477 g/mol. The Morgan fingerprint density at radius 1 is 1.21 bits per heavy atom. The van der Waals surface area contributed by atoms with Crippen LogP contribution in [0.2, 0.25) is 0 Å². The minimum absolute atomic E-state index is 0.0175. The first kappa shape index (κ1) is 22.7. The van der Waals surface area contributed by atoms with Gasteiger partial charge in [-0.25, -0.2) is 4.39 Å². The van der Waals surface area contributed by atoms with Gasteiger partial charge < -0.3 is 14.8 Å². The molecule has 0 aliphatic carbocycles. The molecule has 2 aromatic carbocycles. The average molecular weight is 477 g/mol. The molecular weight excluding hydrogens is 454 g/mol. The summed E-state index contributed by atoms with van der Waals surface area (Å²) in [5.41, 5.74) is 0.870. The molecule has 0 unspecified atom stereocenters. The highest BCUT2D eigenvalue weighted by Gasteiger charge is 2.49. The fourth-order valence-electron chi connectivity index (χ4n) is 5.19. The van der Waals surface area contributed by atoms with Crippen LogP contribution in [-0.2, 0) is 10.9 Å². The van der Waals surface area contributed by atoms with E-state index in [-0.39, 0.29) is 30.0 Å². The molecule has 0 saturated carbocycles. The van der Waals surface area contributed by atoms with Crippen molar-refractivity contribution in [3.8, 4) is 11.4 Å². The molecule has 0 amide bonds. The zero-order valence-corrected chi connectivity index (χ0v) is 18.3. The van der Waals surface area contributed by atoms with E-state index in [9.17, 15) is 13.2 Å². The van der Waals surface area contributed by atoms with Gasteiger partial charge in [-0.2, -0.15) is 17.9 Å². The number of methoxy groups -OCH3 is 1. The molecule has 1 N–H and O–H groups in total. The number of hydrogen-bond acceptors (Lipinski definition) is 6. The van der Waals surface area contributed by atoms with E-state index in [1.165, 1.54) is 13.2 Å². The molecule has 2 saturated heterocycles. The lowest BCUT2D eigenvalue weighted by molar-refractivity contribution is -0.146. The number of tetrazole rings is 1. The molecule has 1 spiro atoms. The number of alkyl halides is 3. The molecule has 0 radical (unpaired) electrons. The summed E-state index contributed by atoms with van der Waals surface area (Å²) in [4.78, 5) is 0. The predicted molar refractivity (Wildman–Crippen MR) is 113 cm³/mol. The van der Waals surface area contributed by atoms with Crippen molar-refractivity contribution < 1.29 is 27.0 Å². The van der Waals surface area contributed by atoms with Gasteiger partial charge in [0.2, 0.25) is 0 Å². The fraction of sp³-hybridized carbons (Fsp3) is 0.435. The number of benzene rings is 2. The number of nitrogens with one attached hydrogen (secondary N) is 1. The van der Waals surface area contributed by atoms with E-state index in [0.29, 0.717) is 16.7 Å². The molecule has 2 fully saturated rings. The summed E-state index contributed by atoms with van der Waals surface area (Å²) in [5, 5.41) is 13.2. The Morgan fingerprint density at radius 3 is 2.74 bits per heavy atom. The Balaban J connectivity index is 1.53. The molecule has 1 aromatic heterocycles. The molecule has 3 heterocycles. The quantitative estimate of drug-likeness (QED) is 0.568. The smallest absolute Gasteiger partial charge is 0.453 e. The van der Waals surface area contributed by atoms with Gasteiger partial charge in [-0.05, 0) is 47.9 Å². The zero-order chi connectivity index (χ0) is 23.9. The molecule has 180 valence electrons. The average Bonchev–Trinajstić information content (AvgIpc) is 3.48. The van der Waals surface area contributed by atoms with E-state index < -0.39 is 23.4 Å². The number of piperidine rings is 1. The Bertz CT molecular complexity index is 1170. The number of ether oxygens (including phenoxy) is 2. The van der Waals surface area contributed by atoms with Crippen LogP contribution in [0.4, 0.5) is 17.6 Å². The lowest BCUT2D eigenvalue weighted by Crippen LogP contribution is -2.48. The molecule has 2 aliphatic rings. The van der Waals surface area contributed by atoms with Gasteiger partial charge in [0, 0.05) is 17.5 Å². The number of rotatable bonds is 4. The van der Waals surface area contributed by atoms with Crippen LogP contribution >= 0.6 is 0 Å². The van der Waals surface area contributed by atoms with Crippen molar-refractivity contribution in [2.45, 2.75) is 43.0 Å². The summed E-state index contributed by atoms with van der Waals surface area (Å²) in [6.07, 6.45) is -2.51.